The summed E-state index contributed by atoms with van der Waals surface area (Å²) in [6.07, 6.45) is 3.90. The van der Waals surface area contributed by atoms with Crippen LogP contribution in [0.2, 0.25) is 0 Å². The van der Waals surface area contributed by atoms with Gasteiger partial charge >= 0.3 is 0 Å². The number of nitrogens with two attached hydrogens (primary N) is 1. The molecule has 0 aliphatic heterocycles. The average Bonchev–Trinajstić information content (AvgIpc) is 2.85. The van der Waals surface area contributed by atoms with E-state index in [1.165, 1.54) is 19.4 Å². The van der Waals surface area contributed by atoms with Crippen molar-refractivity contribution in [1.82, 2.24) is 4.90 Å². The number of likely N-dealkylation sites (N-methyl/N-ethyl adjacent to an activating group) is 1. The Kier molecular flexibility index (Phi) is 4.19. The molecule has 0 aromatic rings. The zero-order valence-corrected chi connectivity index (χ0v) is 11.1. The van der Waals surface area contributed by atoms with E-state index in [1.54, 1.807) is 0 Å². The minimum Gasteiger partial charge on any atom is -0.326 e. The van der Waals surface area contributed by atoms with Crippen LogP contribution in [0.1, 0.15) is 47.0 Å². The molecule has 0 amide bonds. The van der Waals surface area contributed by atoms with Crippen molar-refractivity contribution in [3.05, 3.63) is 0 Å². The number of rotatable bonds is 5. The van der Waals surface area contributed by atoms with E-state index in [0.29, 0.717) is 12.1 Å². The van der Waals surface area contributed by atoms with Crippen molar-refractivity contribution < 1.29 is 0 Å². The second kappa shape index (κ2) is 4.84. The molecule has 2 unspecified atom stereocenters. The van der Waals surface area contributed by atoms with Crippen LogP contribution in [0, 0.1) is 11.3 Å². The number of hydrogen-bond donors (Lipinski definition) is 1. The van der Waals surface area contributed by atoms with Gasteiger partial charge in [0.2, 0.25) is 0 Å². The first-order valence-electron chi connectivity index (χ1n) is 6.32. The van der Waals surface area contributed by atoms with Crippen molar-refractivity contribution in [2.75, 3.05) is 13.6 Å². The summed E-state index contributed by atoms with van der Waals surface area (Å²) in [4.78, 5) is 2.49. The van der Waals surface area contributed by atoms with Gasteiger partial charge in [0, 0.05) is 18.6 Å². The van der Waals surface area contributed by atoms with E-state index in [1.807, 2.05) is 0 Å². The highest BCUT2D eigenvalue weighted by molar-refractivity contribution is 4.91. The molecule has 1 saturated carbocycles. The number of nitrogens with zero attached hydrogens (tertiary/aromatic N) is 1. The summed E-state index contributed by atoms with van der Waals surface area (Å²) in [5.74, 6) is 0.948. The third kappa shape index (κ3) is 3.76. The molecule has 0 heterocycles. The lowest BCUT2D eigenvalue weighted by Crippen LogP contribution is -2.53. The molecule has 2 heteroatoms. The summed E-state index contributed by atoms with van der Waals surface area (Å²) in [5, 5.41) is 0. The Morgan fingerprint density at radius 2 is 1.87 bits per heavy atom. The number of hydrogen-bond acceptors (Lipinski definition) is 2. The summed E-state index contributed by atoms with van der Waals surface area (Å²) in [6, 6.07) is 0.803. The van der Waals surface area contributed by atoms with Crippen molar-refractivity contribution >= 4 is 0 Å². The average molecular weight is 212 g/mol. The van der Waals surface area contributed by atoms with Crippen molar-refractivity contribution in [2.45, 2.75) is 59.0 Å². The summed E-state index contributed by atoms with van der Waals surface area (Å²) in [6.45, 7) is 10.3. The van der Waals surface area contributed by atoms with Gasteiger partial charge in [-0.05, 0) is 37.6 Å². The summed E-state index contributed by atoms with van der Waals surface area (Å²) in [7, 11) is 2.24. The predicted molar refractivity (Wildman–Crippen MR) is 66.9 cm³/mol. The van der Waals surface area contributed by atoms with Crippen LogP contribution in [0.3, 0.4) is 0 Å². The van der Waals surface area contributed by atoms with E-state index in [2.05, 4.69) is 39.6 Å². The van der Waals surface area contributed by atoms with Crippen LogP contribution in [0.25, 0.3) is 0 Å². The van der Waals surface area contributed by atoms with E-state index in [9.17, 15) is 0 Å². The van der Waals surface area contributed by atoms with Crippen LogP contribution < -0.4 is 5.73 Å². The molecule has 0 aromatic heterocycles. The standard InChI is InChI=1S/C13H28N2/c1-6-11(14)12(13(2,3)4)15(5)9-10-7-8-10/h10-12H,6-9,14H2,1-5H3. The van der Waals surface area contributed by atoms with Gasteiger partial charge in [-0.3, -0.25) is 0 Å². The molecular weight excluding hydrogens is 184 g/mol. The topological polar surface area (TPSA) is 29.3 Å². The Morgan fingerprint density at radius 1 is 1.33 bits per heavy atom. The first kappa shape index (κ1) is 13.0. The second-order valence-electron chi connectivity index (χ2n) is 6.27. The molecule has 0 spiro atoms. The first-order chi connectivity index (χ1) is 6.86. The second-order valence-corrected chi connectivity index (χ2v) is 6.27. The highest BCUT2D eigenvalue weighted by Gasteiger charge is 2.35. The van der Waals surface area contributed by atoms with Gasteiger partial charge in [-0.15, -0.1) is 0 Å². The fourth-order valence-electron chi connectivity index (χ4n) is 2.67. The molecule has 2 atom stereocenters. The molecule has 1 rings (SSSR count). The van der Waals surface area contributed by atoms with Gasteiger partial charge in [-0.1, -0.05) is 27.7 Å². The van der Waals surface area contributed by atoms with Crippen LogP contribution in [0.15, 0.2) is 0 Å². The van der Waals surface area contributed by atoms with Crippen LogP contribution >= 0.6 is 0 Å². The van der Waals surface area contributed by atoms with E-state index in [4.69, 9.17) is 5.73 Å². The summed E-state index contributed by atoms with van der Waals surface area (Å²) < 4.78 is 0. The lowest BCUT2D eigenvalue weighted by atomic mass is 9.80. The molecule has 1 fully saturated rings. The van der Waals surface area contributed by atoms with Gasteiger partial charge in [0.05, 0.1) is 0 Å². The van der Waals surface area contributed by atoms with Crippen molar-refractivity contribution in [3.63, 3.8) is 0 Å². The highest BCUT2D eigenvalue weighted by atomic mass is 15.2. The Balaban J connectivity index is 2.60. The normalized spacial score (nSPS) is 21.8. The largest absolute Gasteiger partial charge is 0.326 e. The molecular formula is C13H28N2. The molecule has 2 nitrogen and oxygen atoms in total. The third-order valence-electron chi connectivity index (χ3n) is 3.48. The maximum absolute atomic E-state index is 6.26. The first-order valence-corrected chi connectivity index (χ1v) is 6.32. The summed E-state index contributed by atoms with van der Waals surface area (Å²) >= 11 is 0. The maximum Gasteiger partial charge on any atom is 0.0292 e. The molecule has 1 aliphatic rings. The van der Waals surface area contributed by atoms with Crippen LogP contribution in [0.5, 0.6) is 0 Å². The molecule has 2 N–H and O–H groups in total. The smallest absolute Gasteiger partial charge is 0.0292 e. The van der Waals surface area contributed by atoms with E-state index < -0.39 is 0 Å². The van der Waals surface area contributed by atoms with Gasteiger partial charge in [0.15, 0.2) is 0 Å². The molecule has 15 heavy (non-hydrogen) atoms. The molecule has 0 aromatic carbocycles. The zero-order chi connectivity index (χ0) is 11.6. The van der Waals surface area contributed by atoms with Gasteiger partial charge in [0.25, 0.3) is 0 Å². The van der Waals surface area contributed by atoms with Crippen LogP contribution in [-0.2, 0) is 0 Å². The molecule has 0 radical (unpaired) electrons. The fraction of sp³-hybridized carbons (Fsp3) is 1.00. The van der Waals surface area contributed by atoms with E-state index >= 15 is 0 Å². The van der Waals surface area contributed by atoms with Gasteiger partial charge in [0.1, 0.15) is 0 Å². The molecule has 0 saturated heterocycles. The Morgan fingerprint density at radius 3 is 2.20 bits per heavy atom. The van der Waals surface area contributed by atoms with E-state index in [-0.39, 0.29) is 5.41 Å². The highest BCUT2D eigenvalue weighted by Crippen LogP contribution is 2.33. The van der Waals surface area contributed by atoms with Crippen molar-refractivity contribution in [3.8, 4) is 0 Å². The zero-order valence-electron chi connectivity index (χ0n) is 11.1. The molecule has 90 valence electrons. The van der Waals surface area contributed by atoms with Gasteiger partial charge in [-0.2, -0.15) is 0 Å². The molecule has 1 aliphatic carbocycles. The van der Waals surface area contributed by atoms with Gasteiger partial charge < -0.3 is 10.6 Å². The minimum absolute atomic E-state index is 0.277. The lowest BCUT2D eigenvalue weighted by molar-refractivity contribution is 0.0958. The maximum atomic E-state index is 6.26. The minimum atomic E-state index is 0.277. The monoisotopic (exact) mass is 212 g/mol. The Labute approximate surface area is 95.2 Å². The van der Waals surface area contributed by atoms with Crippen molar-refractivity contribution in [1.29, 1.82) is 0 Å². The predicted octanol–water partition coefficient (Wildman–Crippen LogP) is 2.48. The summed E-state index contributed by atoms with van der Waals surface area (Å²) in [5.41, 5.74) is 6.54. The van der Waals surface area contributed by atoms with Crippen LogP contribution in [-0.4, -0.2) is 30.6 Å². The quantitative estimate of drug-likeness (QED) is 0.758. The lowest BCUT2D eigenvalue weighted by Gasteiger charge is -2.41. The SMILES string of the molecule is CCC(N)C(N(C)CC1CC1)C(C)(C)C. The Hall–Kier alpha value is -0.0800. The third-order valence-corrected chi connectivity index (χ3v) is 3.48. The Bertz CT molecular complexity index is 191. The van der Waals surface area contributed by atoms with Crippen LogP contribution in [0.4, 0.5) is 0 Å². The van der Waals surface area contributed by atoms with E-state index in [0.717, 1.165) is 12.3 Å². The van der Waals surface area contributed by atoms with Crippen molar-refractivity contribution in [2.24, 2.45) is 17.1 Å². The fourth-order valence-corrected chi connectivity index (χ4v) is 2.67. The van der Waals surface area contributed by atoms with Gasteiger partial charge in [-0.25, -0.2) is 0 Å². The molecule has 0 bridgehead atoms.